The summed E-state index contributed by atoms with van der Waals surface area (Å²) in [5.41, 5.74) is 5.79. The molecule has 1 saturated heterocycles. The third-order valence-corrected chi connectivity index (χ3v) is 4.94. The molecule has 102 valence electrons. The summed E-state index contributed by atoms with van der Waals surface area (Å²) in [5, 5.41) is 2.20. The van der Waals surface area contributed by atoms with Crippen LogP contribution in [0.2, 0.25) is 0 Å². The zero-order valence-corrected chi connectivity index (χ0v) is 12.5. The number of nitrogens with zero attached hydrogens (tertiary/aromatic N) is 1. The summed E-state index contributed by atoms with van der Waals surface area (Å²) in [7, 11) is 0. The average molecular weight is 266 g/mol. The first-order chi connectivity index (χ1) is 8.74. The van der Waals surface area contributed by atoms with E-state index in [1.54, 1.807) is 0 Å². The molecule has 2 nitrogen and oxygen atoms in total. The zero-order chi connectivity index (χ0) is 13.0. The first-order valence-electron chi connectivity index (χ1n) is 7.23. The van der Waals surface area contributed by atoms with E-state index in [-0.39, 0.29) is 0 Å². The van der Waals surface area contributed by atoms with Crippen LogP contribution >= 0.6 is 11.3 Å². The lowest BCUT2D eigenvalue weighted by atomic mass is 9.92. The maximum Gasteiger partial charge on any atom is 0.0467 e. The zero-order valence-electron chi connectivity index (χ0n) is 11.6. The molecule has 0 radical (unpaired) electrons. The number of rotatable bonds is 5. The molecular formula is C15H26N2S. The molecule has 2 N–H and O–H groups in total. The van der Waals surface area contributed by atoms with Gasteiger partial charge in [-0.2, -0.15) is 0 Å². The number of piperidine rings is 1. The van der Waals surface area contributed by atoms with E-state index in [0.29, 0.717) is 18.0 Å². The lowest BCUT2D eigenvalue weighted by Gasteiger charge is -2.42. The topological polar surface area (TPSA) is 29.3 Å². The van der Waals surface area contributed by atoms with Crippen molar-refractivity contribution in [3.63, 3.8) is 0 Å². The van der Waals surface area contributed by atoms with Gasteiger partial charge in [0.2, 0.25) is 0 Å². The van der Waals surface area contributed by atoms with Gasteiger partial charge in [-0.3, -0.25) is 4.90 Å². The first-order valence-corrected chi connectivity index (χ1v) is 8.11. The van der Waals surface area contributed by atoms with Crippen LogP contribution in [-0.2, 0) is 0 Å². The minimum Gasteiger partial charge on any atom is -0.330 e. The number of nitrogens with two attached hydrogens (primary N) is 1. The molecule has 0 aromatic carbocycles. The largest absolute Gasteiger partial charge is 0.330 e. The van der Waals surface area contributed by atoms with E-state index in [4.69, 9.17) is 5.73 Å². The summed E-state index contributed by atoms with van der Waals surface area (Å²) < 4.78 is 0. The fourth-order valence-electron chi connectivity index (χ4n) is 3.23. The maximum atomic E-state index is 5.79. The van der Waals surface area contributed by atoms with E-state index in [2.05, 4.69) is 36.3 Å². The van der Waals surface area contributed by atoms with E-state index >= 15 is 0 Å². The second-order valence-corrected chi connectivity index (χ2v) is 6.65. The highest BCUT2D eigenvalue weighted by molar-refractivity contribution is 7.10. The minimum atomic E-state index is 0.585. The van der Waals surface area contributed by atoms with Gasteiger partial charge in [0.25, 0.3) is 0 Å². The molecule has 0 saturated carbocycles. The highest BCUT2D eigenvalue weighted by atomic mass is 32.1. The Morgan fingerprint density at radius 2 is 2.28 bits per heavy atom. The molecule has 1 aromatic heterocycles. The summed E-state index contributed by atoms with van der Waals surface area (Å²) in [6.07, 6.45) is 5.19. The Hall–Kier alpha value is -0.380. The van der Waals surface area contributed by atoms with Crippen LogP contribution in [0.1, 0.15) is 50.4 Å². The molecule has 0 aliphatic carbocycles. The maximum absolute atomic E-state index is 5.79. The number of likely N-dealkylation sites (tertiary alicyclic amines) is 1. The third-order valence-electron chi connectivity index (χ3n) is 4.00. The fourth-order valence-corrected chi connectivity index (χ4v) is 4.24. The normalized spacial score (nSPS) is 23.4. The van der Waals surface area contributed by atoms with Gasteiger partial charge in [-0.25, -0.2) is 0 Å². The number of hydrogen-bond donors (Lipinski definition) is 1. The van der Waals surface area contributed by atoms with Gasteiger partial charge in [-0.05, 0) is 49.7 Å². The van der Waals surface area contributed by atoms with Crippen LogP contribution in [0.5, 0.6) is 0 Å². The molecule has 0 spiro atoms. The van der Waals surface area contributed by atoms with Crippen LogP contribution in [0.15, 0.2) is 17.5 Å². The first kappa shape index (κ1) is 14.0. The summed E-state index contributed by atoms with van der Waals surface area (Å²) in [4.78, 5) is 4.25. The Labute approximate surface area is 115 Å². The molecule has 1 aliphatic heterocycles. The molecule has 2 heterocycles. The van der Waals surface area contributed by atoms with Crippen molar-refractivity contribution in [2.45, 2.75) is 51.6 Å². The smallest absolute Gasteiger partial charge is 0.0467 e. The van der Waals surface area contributed by atoms with Crippen molar-refractivity contribution >= 4 is 11.3 Å². The van der Waals surface area contributed by atoms with Crippen molar-refractivity contribution in [3.8, 4) is 0 Å². The van der Waals surface area contributed by atoms with Gasteiger partial charge in [0.05, 0.1) is 0 Å². The molecule has 2 rings (SSSR count). The van der Waals surface area contributed by atoms with Gasteiger partial charge in [-0.1, -0.05) is 26.3 Å². The van der Waals surface area contributed by atoms with Crippen LogP contribution in [0.25, 0.3) is 0 Å². The molecule has 2 atom stereocenters. The van der Waals surface area contributed by atoms with Gasteiger partial charge in [0.15, 0.2) is 0 Å². The molecule has 0 bridgehead atoms. The monoisotopic (exact) mass is 266 g/mol. The lowest BCUT2D eigenvalue weighted by Crippen LogP contribution is -2.44. The van der Waals surface area contributed by atoms with Crippen molar-refractivity contribution in [1.82, 2.24) is 4.90 Å². The van der Waals surface area contributed by atoms with E-state index in [1.807, 2.05) is 11.3 Å². The highest BCUT2D eigenvalue weighted by Crippen LogP contribution is 2.36. The molecule has 0 amide bonds. The van der Waals surface area contributed by atoms with E-state index < -0.39 is 0 Å². The second-order valence-electron chi connectivity index (χ2n) is 5.67. The van der Waals surface area contributed by atoms with E-state index in [1.165, 1.54) is 30.7 Å². The molecular weight excluding hydrogens is 240 g/mol. The van der Waals surface area contributed by atoms with E-state index in [0.717, 1.165) is 13.0 Å². The van der Waals surface area contributed by atoms with Crippen molar-refractivity contribution in [1.29, 1.82) is 0 Å². The fraction of sp³-hybridized carbons (Fsp3) is 0.733. The summed E-state index contributed by atoms with van der Waals surface area (Å²) in [6, 6.07) is 5.75. The van der Waals surface area contributed by atoms with Crippen molar-refractivity contribution in [2.24, 2.45) is 11.7 Å². The Morgan fingerprint density at radius 3 is 2.89 bits per heavy atom. The van der Waals surface area contributed by atoms with Crippen LogP contribution in [-0.4, -0.2) is 24.0 Å². The van der Waals surface area contributed by atoms with Crippen LogP contribution < -0.4 is 5.73 Å². The van der Waals surface area contributed by atoms with Crippen LogP contribution in [0.3, 0.4) is 0 Å². The quantitative estimate of drug-likeness (QED) is 0.881. The number of thiophene rings is 1. The molecule has 3 heteroatoms. The minimum absolute atomic E-state index is 0.585. The molecule has 18 heavy (non-hydrogen) atoms. The lowest BCUT2D eigenvalue weighted by molar-refractivity contribution is 0.0668. The predicted octanol–water partition coefficient (Wildman–Crippen LogP) is 3.65. The standard InChI is InChI=1S/C15H26N2S/c1-12(2)15(14-7-5-11-18-14)17-10-4-3-6-13(17)8-9-16/h5,7,11-13,15H,3-4,6,8-10,16H2,1-2H3. The SMILES string of the molecule is CC(C)C(c1cccs1)N1CCCCC1CCN. The summed E-state index contributed by atoms with van der Waals surface area (Å²) in [5.74, 6) is 0.669. The van der Waals surface area contributed by atoms with Crippen molar-refractivity contribution < 1.29 is 0 Å². The Morgan fingerprint density at radius 1 is 1.44 bits per heavy atom. The summed E-state index contributed by atoms with van der Waals surface area (Å²) in [6.45, 7) is 6.75. The van der Waals surface area contributed by atoms with Gasteiger partial charge in [-0.15, -0.1) is 11.3 Å². The van der Waals surface area contributed by atoms with E-state index in [9.17, 15) is 0 Å². The second kappa shape index (κ2) is 6.69. The molecule has 1 fully saturated rings. The van der Waals surface area contributed by atoms with Crippen molar-refractivity contribution in [2.75, 3.05) is 13.1 Å². The Bertz CT molecular complexity index is 332. The van der Waals surface area contributed by atoms with Crippen molar-refractivity contribution in [3.05, 3.63) is 22.4 Å². The summed E-state index contributed by atoms with van der Waals surface area (Å²) >= 11 is 1.90. The van der Waals surface area contributed by atoms with Gasteiger partial charge in [0.1, 0.15) is 0 Å². The van der Waals surface area contributed by atoms with Gasteiger partial charge < -0.3 is 5.73 Å². The molecule has 2 unspecified atom stereocenters. The van der Waals surface area contributed by atoms with Gasteiger partial charge >= 0.3 is 0 Å². The Balaban J connectivity index is 2.17. The third kappa shape index (κ3) is 3.14. The molecule has 1 aliphatic rings. The highest BCUT2D eigenvalue weighted by Gasteiger charge is 2.31. The predicted molar refractivity (Wildman–Crippen MR) is 79.9 cm³/mol. The molecule has 1 aromatic rings. The van der Waals surface area contributed by atoms with Crippen LogP contribution in [0.4, 0.5) is 0 Å². The van der Waals surface area contributed by atoms with Crippen LogP contribution in [0, 0.1) is 5.92 Å². The number of hydrogen-bond acceptors (Lipinski definition) is 3. The van der Waals surface area contributed by atoms with Gasteiger partial charge in [0, 0.05) is 17.0 Å². The average Bonchev–Trinajstić information content (AvgIpc) is 2.85. The Kier molecular flexibility index (Phi) is 5.22.